The predicted molar refractivity (Wildman–Crippen MR) is 82.2 cm³/mol. The topological polar surface area (TPSA) is 40.5 Å². The first-order valence-corrected chi connectivity index (χ1v) is 10.9. The Morgan fingerprint density at radius 3 is 2.63 bits per heavy atom. The van der Waals surface area contributed by atoms with Crippen LogP contribution in [0.15, 0.2) is 16.7 Å². The second-order valence-electron chi connectivity index (χ2n) is 5.54. The maximum Gasteiger partial charge on any atom is 0.355 e. The molecule has 0 aromatic carbocycles. The van der Waals surface area contributed by atoms with Crippen LogP contribution in [0.1, 0.15) is 17.4 Å². The van der Waals surface area contributed by atoms with Crippen molar-refractivity contribution in [1.29, 1.82) is 0 Å². The van der Waals surface area contributed by atoms with E-state index in [1.807, 2.05) is 6.07 Å². The van der Waals surface area contributed by atoms with Gasteiger partial charge >= 0.3 is 5.97 Å². The van der Waals surface area contributed by atoms with E-state index in [0.717, 1.165) is 17.3 Å². The van der Waals surface area contributed by atoms with E-state index in [0.29, 0.717) is 19.0 Å². The molecule has 1 heterocycles. The number of carbonyl (C=O) groups is 1. The van der Waals surface area contributed by atoms with Crippen molar-refractivity contribution in [2.45, 2.75) is 39.3 Å². The molecule has 0 saturated carbocycles. The fourth-order valence-electron chi connectivity index (χ4n) is 1.49. The number of carbonyl (C=O) groups excluding carboxylic acids is 1. The average Bonchev–Trinajstić information content (AvgIpc) is 2.65. The van der Waals surface area contributed by atoms with E-state index >= 15 is 0 Å². The van der Waals surface area contributed by atoms with Gasteiger partial charge in [-0.15, -0.1) is 0 Å². The molecule has 1 aromatic rings. The van der Waals surface area contributed by atoms with Gasteiger partial charge in [-0.1, -0.05) is 19.6 Å². The Balaban J connectivity index is 2.58. The van der Waals surface area contributed by atoms with E-state index < -0.39 is 8.07 Å². The maximum atomic E-state index is 11.8. The lowest BCUT2D eigenvalue weighted by atomic mass is 10.4. The van der Waals surface area contributed by atoms with Crippen LogP contribution in [0.2, 0.25) is 25.7 Å². The summed E-state index contributed by atoms with van der Waals surface area (Å²) in [7, 11) is -1.08. The van der Waals surface area contributed by atoms with Gasteiger partial charge in [-0.3, -0.25) is 0 Å². The molecule has 0 spiro atoms. The van der Waals surface area contributed by atoms with Gasteiger partial charge in [-0.05, 0) is 41.0 Å². The largest absolute Gasteiger partial charge is 0.461 e. The lowest BCUT2D eigenvalue weighted by molar-refractivity contribution is 0.0471. The summed E-state index contributed by atoms with van der Waals surface area (Å²) in [6.45, 7) is 10.2. The Morgan fingerprint density at radius 1 is 1.37 bits per heavy atom. The molecule has 108 valence electrons. The molecule has 0 saturated heterocycles. The minimum Gasteiger partial charge on any atom is -0.461 e. The van der Waals surface area contributed by atoms with E-state index in [9.17, 15) is 4.79 Å². The van der Waals surface area contributed by atoms with Crippen molar-refractivity contribution >= 4 is 30.0 Å². The van der Waals surface area contributed by atoms with Gasteiger partial charge in [0.1, 0.15) is 12.4 Å². The van der Waals surface area contributed by atoms with Crippen molar-refractivity contribution in [1.82, 2.24) is 4.57 Å². The molecule has 4 nitrogen and oxygen atoms in total. The molecule has 0 unspecified atom stereocenters. The third kappa shape index (κ3) is 5.50. The minimum absolute atomic E-state index is 0.318. The molecule has 19 heavy (non-hydrogen) atoms. The Bertz CT molecular complexity index is 426. The number of nitrogens with zero attached hydrogens (tertiary/aromatic N) is 1. The quantitative estimate of drug-likeness (QED) is 0.428. The molecule has 0 amide bonds. The van der Waals surface area contributed by atoms with Gasteiger partial charge in [0.2, 0.25) is 0 Å². The molecule has 1 aromatic heterocycles. The van der Waals surface area contributed by atoms with Crippen LogP contribution < -0.4 is 0 Å². The van der Waals surface area contributed by atoms with Gasteiger partial charge < -0.3 is 14.0 Å². The van der Waals surface area contributed by atoms with Crippen LogP contribution in [-0.2, 0) is 16.2 Å². The maximum absolute atomic E-state index is 11.8. The third-order valence-corrected chi connectivity index (χ3v) is 5.03. The number of halogens is 1. The summed E-state index contributed by atoms with van der Waals surface area (Å²) in [6, 6.07) is 4.68. The second kappa shape index (κ2) is 7.26. The van der Waals surface area contributed by atoms with Crippen LogP contribution >= 0.6 is 15.9 Å². The smallest absolute Gasteiger partial charge is 0.355 e. The van der Waals surface area contributed by atoms with Gasteiger partial charge in [0.15, 0.2) is 0 Å². The minimum atomic E-state index is -1.08. The van der Waals surface area contributed by atoms with Crippen LogP contribution in [0.4, 0.5) is 0 Å². The number of rotatable bonds is 7. The fraction of sp³-hybridized carbons (Fsp3) is 0.615. The lowest BCUT2D eigenvalue weighted by Gasteiger charge is -2.16. The molecule has 0 aliphatic rings. The van der Waals surface area contributed by atoms with Gasteiger partial charge in [0.25, 0.3) is 0 Å². The van der Waals surface area contributed by atoms with Crippen molar-refractivity contribution in [2.75, 3.05) is 13.2 Å². The number of hydrogen-bond acceptors (Lipinski definition) is 3. The van der Waals surface area contributed by atoms with Crippen molar-refractivity contribution in [2.24, 2.45) is 0 Å². The normalized spacial score (nSPS) is 11.6. The van der Waals surface area contributed by atoms with Crippen LogP contribution in [0.5, 0.6) is 0 Å². The molecule has 0 bridgehead atoms. The van der Waals surface area contributed by atoms with Crippen LogP contribution in [0.3, 0.4) is 0 Å². The van der Waals surface area contributed by atoms with Gasteiger partial charge in [0.05, 0.1) is 11.2 Å². The Kier molecular flexibility index (Phi) is 6.29. The molecule has 0 aliphatic heterocycles. The molecule has 0 N–H and O–H groups in total. The Morgan fingerprint density at radius 2 is 2.05 bits per heavy atom. The summed E-state index contributed by atoms with van der Waals surface area (Å²) >= 11 is 3.41. The average molecular weight is 348 g/mol. The number of aromatic nitrogens is 1. The SMILES string of the molecule is CCOC(=O)c1ccc(Br)n1COCC[Si](C)(C)C. The zero-order valence-corrected chi connectivity index (χ0v) is 14.6. The molecular formula is C13H22BrNO3Si. The highest BCUT2D eigenvalue weighted by atomic mass is 79.9. The van der Waals surface area contributed by atoms with Crippen molar-refractivity contribution in [3.8, 4) is 0 Å². The van der Waals surface area contributed by atoms with Crippen molar-refractivity contribution in [3.05, 3.63) is 22.4 Å². The summed E-state index contributed by atoms with van der Waals surface area (Å²) < 4.78 is 13.3. The van der Waals surface area contributed by atoms with E-state index in [4.69, 9.17) is 9.47 Å². The van der Waals surface area contributed by atoms with E-state index in [2.05, 4.69) is 35.6 Å². The Hall–Kier alpha value is -0.593. The highest BCUT2D eigenvalue weighted by Crippen LogP contribution is 2.17. The zero-order valence-electron chi connectivity index (χ0n) is 12.0. The summed E-state index contributed by atoms with van der Waals surface area (Å²) in [5.41, 5.74) is 0.515. The summed E-state index contributed by atoms with van der Waals surface area (Å²) in [6.07, 6.45) is 0. The standard InChI is InChI=1S/C13H22BrNO3Si/c1-5-18-13(16)11-6-7-12(14)15(11)10-17-8-9-19(2,3)4/h6-7H,5,8-10H2,1-4H3. The lowest BCUT2D eigenvalue weighted by Crippen LogP contribution is -2.22. The van der Waals surface area contributed by atoms with Crippen molar-refractivity contribution in [3.63, 3.8) is 0 Å². The van der Waals surface area contributed by atoms with E-state index in [1.54, 1.807) is 17.6 Å². The molecule has 6 heteroatoms. The Labute approximate surface area is 124 Å². The molecule has 0 atom stereocenters. The molecule has 0 aliphatic carbocycles. The summed E-state index contributed by atoms with van der Waals surface area (Å²) in [5.74, 6) is -0.318. The van der Waals surface area contributed by atoms with Gasteiger partial charge in [-0.2, -0.15) is 0 Å². The summed E-state index contributed by atoms with van der Waals surface area (Å²) in [5, 5.41) is 0. The van der Waals surface area contributed by atoms with E-state index in [1.165, 1.54) is 0 Å². The van der Waals surface area contributed by atoms with E-state index in [-0.39, 0.29) is 5.97 Å². The van der Waals surface area contributed by atoms with Gasteiger partial charge in [-0.25, -0.2) is 4.79 Å². The first kappa shape index (κ1) is 16.5. The first-order chi connectivity index (χ1) is 8.85. The molecule has 0 fully saturated rings. The third-order valence-electron chi connectivity index (χ3n) is 2.63. The fourth-order valence-corrected chi connectivity index (χ4v) is 2.67. The zero-order chi connectivity index (χ0) is 14.5. The second-order valence-corrected chi connectivity index (χ2v) is 12.0. The number of esters is 1. The highest BCUT2D eigenvalue weighted by Gasteiger charge is 2.16. The number of hydrogen-bond donors (Lipinski definition) is 0. The van der Waals surface area contributed by atoms with Crippen molar-refractivity contribution < 1.29 is 14.3 Å². The monoisotopic (exact) mass is 347 g/mol. The van der Waals surface area contributed by atoms with Gasteiger partial charge in [0, 0.05) is 14.7 Å². The predicted octanol–water partition coefficient (Wildman–Crippen LogP) is 3.74. The molecule has 1 rings (SSSR count). The summed E-state index contributed by atoms with van der Waals surface area (Å²) in [4.78, 5) is 11.8. The number of ether oxygens (including phenoxy) is 2. The molecular weight excluding hydrogens is 326 g/mol. The van der Waals surface area contributed by atoms with Crippen LogP contribution in [-0.4, -0.2) is 31.8 Å². The molecule has 0 radical (unpaired) electrons. The first-order valence-electron chi connectivity index (χ1n) is 6.45. The highest BCUT2D eigenvalue weighted by molar-refractivity contribution is 9.10. The van der Waals surface area contributed by atoms with Crippen LogP contribution in [0, 0.1) is 0 Å². The van der Waals surface area contributed by atoms with Crippen LogP contribution in [0.25, 0.3) is 0 Å².